The molecule has 4 heteroatoms. The van der Waals surface area contributed by atoms with Crippen molar-refractivity contribution in [2.75, 3.05) is 23.3 Å². The fourth-order valence-corrected chi connectivity index (χ4v) is 3.34. The maximum absolute atomic E-state index is 12.5. The number of hydrogen-bond acceptors (Lipinski definition) is 3. The summed E-state index contributed by atoms with van der Waals surface area (Å²) in [6.45, 7) is 6.41. The number of hydrogen-bond donors (Lipinski definition) is 1. The predicted octanol–water partition coefficient (Wildman–Crippen LogP) is 4.84. The lowest BCUT2D eigenvalue weighted by molar-refractivity contribution is 0.102. The first-order valence-electron chi connectivity index (χ1n) is 9.26. The smallest absolute Gasteiger partial charge is 0.274 e. The maximum atomic E-state index is 12.5. The molecule has 1 aromatic heterocycles. The number of nitrogens with one attached hydrogen (secondary N) is 1. The first-order valence-corrected chi connectivity index (χ1v) is 9.26. The van der Waals surface area contributed by atoms with Crippen LogP contribution in [0, 0.1) is 0 Å². The number of para-hydroxylation sites is 1. The molecule has 0 spiro atoms. The van der Waals surface area contributed by atoms with Crippen molar-refractivity contribution in [1.29, 1.82) is 0 Å². The predicted molar refractivity (Wildman–Crippen MR) is 103 cm³/mol. The molecule has 0 atom stereocenters. The van der Waals surface area contributed by atoms with Crippen molar-refractivity contribution in [3.8, 4) is 0 Å². The second-order valence-corrected chi connectivity index (χ2v) is 7.00. The minimum Gasteiger partial charge on any atom is -0.370 e. The summed E-state index contributed by atoms with van der Waals surface area (Å²) in [6, 6.07) is 11.8. The topological polar surface area (TPSA) is 45.2 Å². The first kappa shape index (κ1) is 17.5. The molecule has 132 valence electrons. The highest BCUT2D eigenvalue weighted by molar-refractivity contribution is 6.03. The molecule has 1 aromatic carbocycles. The second-order valence-electron chi connectivity index (χ2n) is 7.00. The summed E-state index contributed by atoms with van der Waals surface area (Å²) in [6.07, 6.45) is 6.90. The zero-order chi connectivity index (χ0) is 17.6. The highest BCUT2D eigenvalue weighted by Gasteiger charge is 2.14. The van der Waals surface area contributed by atoms with Crippen molar-refractivity contribution in [2.24, 2.45) is 0 Å². The van der Waals surface area contributed by atoms with Gasteiger partial charge in [-0.3, -0.25) is 4.79 Å². The Morgan fingerprint density at radius 1 is 1.04 bits per heavy atom. The van der Waals surface area contributed by atoms with E-state index >= 15 is 0 Å². The van der Waals surface area contributed by atoms with Crippen LogP contribution < -0.4 is 10.2 Å². The van der Waals surface area contributed by atoms with E-state index in [0.29, 0.717) is 11.6 Å². The average molecular weight is 337 g/mol. The fraction of sp³-hybridized carbons (Fsp3) is 0.429. The van der Waals surface area contributed by atoms with Crippen LogP contribution in [0.2, 0.25) is 0 Å². The number of pyridine rings is 1. The van der Waals surface area contributed by atoms with E-state index in [0.717, 1.165) is 30.0 Å². The van der Waals surface area contributed by atoms with Gasteiger partial charge in [0.1, 0.15) is 5.69 Å². The standard InChI is InChI=1S/C21H27N3O/c1-16(2)18-9-5-6-10-19(18)23-21(25)20-12-11-17(15-22-20)24-13-7-3-4-8-14-24/h5-6,9-12,15-16H,3-4,7-8,13-14H2,1-2H3,(H,23,25). The van der Waals surface area contributed by atoms with Gasteiger partial charge in [0.15, 0.2) is 0 Å². The Labute approximate surface area is 150 Å². The van der Waals surface area contributed by atoms with E-state index in [9.17, 15) is 4.79 Å². The minimum absolute atomic E-state index is 0.157. The van der Waals surface area contributed by atoms with E-state index in [1.54, 1.807) is 0 Å². The van der Waals surface area contributed by atoms with Crippen LogP contribution in [0.3, 0.4) is 0 Å². The van der Waals surface area contributed by atoms with Gasteiger partial charge in [-0.05, 0) is 42.5 Å². The summed E-state index contributed by atoms with van der Waals surface area (Å²) in [4.78, 5) is 19.3. The molecular weight excluding hydrogens is 310 g/mol. The number of amides is 1. The number of aromatic nitrogens is 1. The van der Waals surface area contributed by atoms with Crippen LogP contribution in [0.1, 0.15) is 61.5 Å². The zero-order valence-corrected chi connectivity index (χ0v) is 15.2. The summed E-state index contributed by atoms with van der Waals surface area (Å²) >= 11 is 0. The quantitative estimate of drug-likeness (QED) is 0.868. The Morgan fingerprint density at radius 3 is 2.40 bits per heavy atom. The average Bonchev–Trinajstić information content (AvgIpc) is 2.91. The van der Waals surface area contributed by atoms with Crippen LogP contribution in [-0.4, -0.2) is 24.0 Å². The van der Waals surface area contributed by atoms with Crippen LogP contribution in [0.15, 0.2) is 42.6 Å². The Kier molecular flexibility index (Phi) is 5.69. The lowest BCUT2D eigenvalue weighted by atomic mass is 10.0. The molecule has 0 bridgehead atoms. The molecule has 1 N–H and O–H groups in total. The van der Waals surface area contributed by atoms with Crippen molar-refractivity contribution in [2.45, 2.75) is 45.4 Å². The molecule has 0 aliphatic carbocycles. The van der Waals surface area contributed by atoms with Crippen LogP contribution in [0.5, 0.6) is 0 Å². The molecule has 2 aromatic rings. The Morgan fingerprint density at radius 2 is 1.76 bits per heavy atom. The molecule has 1 aliphatic heterocycles. The summed E-state index contributed by atoms with van der Waals surface area (Å²) in [5.74, 6) is 0.199. The van der Waals surface area contributed by atoms with E-state index < -0.39 is 0 Å². The van der Waals surface area contributed by atoms with Crippen LogP contribution in [0.25, 0.3) is 0 Å². The minimum atomic E-state index is -0.157. The maximum Gasteiger partial charge on any atom is 0.274 e. The SMILES string of the molecule is CC(C)c1ccccc1NC(=O)c1ccc(N2CCCCCC2)cn1. The van der Waals surface area contributed by atoms with Gasteiger partial charge in [0, 0.05) is 18.8 Å². The molecular formula is C21H27N3O. The summed E-state index contributed by atoms with van der Waals surface area (Å²) in [7, 11) is 0. The van der Waals surface area contributed by atoms with Gasteiger partial charge < -0.3 is 10.2 Å². The Bertz CT molecular complexity index is 701. The normalized spacial score (nSPS) is 15.1. The molecule has 1 saturated heterocycles. The highest BCUT2D eigenvalue weighted by Crippen LogP contribution is 2.24. The molecule has 2 heterocycles. The van der Waals surface area contributed by atoms with E-state index in [-0.39, 0.29) is 5.91 Å². The molecule has 3 rings (SSSR count). The van der Waals surface area contributed by atoms with Crippen LogP contribution in [-0.2, 0) is 0 Å². The van der Waals surface area contributed by atoms with Gasteiger partial charge in [0.25, 0.3) is 5.91 Å². The van der Waals surface area contributed by atoms with Crippen LogP contribution in [0.4, 0.5) is 11.4 Å². The third kappa shape index (κ3) is 4.38. The van der Waals surface area contributed by atoms with E-state index in [1.165, 1.54) is 25.7 Å². The van der Waals surface area contributed by atoms with Gasteiger partial charge >= 0.3 is 0 Å². The van der Waals surface area contributed by atoms with Crippen molar-refractivity contribution in [3.05, 3.63) is 53.9 Å². The number of nitrogens with zero attached hydrogens (tertiary/aromatic N) is 2. The van der Waals surface area contributed by atoms with Gasteiger partial charge in [0.05, 0.1) is 11.9 Å². The first-order chi connectivity index (χ1) is 12.1. The lowest BCUT2D eigenvalue weighted by Crippen LogP contribution is -2.24. The molecule has 1 fully saturated rings. The molecule has 0 radical (unpaired) electrons. The van der Waals surface area contributed by atoms with Gasteiger partial charge in [-0.2, -0.15) is 0 Å². The number of carbonyl (C=O) groups is 1. The third-order valence-electron chi connectivity index (χ3n) is 4.78. The van der Waals surface area contributed by atoms with Crippen molar-refractivity contribution >= 4 is 17.3 Å². The molecule has 0 saturated carbocycles. The van der Waals surface area contributed by atoms with E-state index in [4.69, 9.17) is 0 Å². The highest BCUT2D eigenvalue weighted by atomic mass is 16.1. The number of carbonyl (C=O) groups excluding carboxylic acids is 1. The summed E-state index contributed by atoms with van der Waals surface area (Å²) < 4.78 is 0. The molecule has 1 aliphatic rings. The second kappa shape index (κ2) is 8.15. The van der Waals surface area contributed by atoms with Gasteiger partial charge in [-0.25, -0.2) is 4.98 Å². The zero-order valence-electron chi connectivity index (χ0n) is 15.2. The molecule has 1 amide bonds. The summed E-state index contributed by atoms with van der Waals surface area (Å²) in [5.41, 5.74) is 3.57. The lowest BCUT2D eigenvalue weighted by Gasteiger charge is -2.22. The fourth-order valence-electron chi connectivity index (χ4n) is 3.34. The van der Waals surface area contributed by atoms with Crippen molar-refractivity contribution in [3.63, 3.8) is 0 Å². The van der Waals surface area contributed by atoms with Crippen molar-refractivity contribution in [1.82, 2.24) is 4.98 Å². The van der Waals surface area contributed by atoms with Gasteiger partial charge in [-0.1, -0.05) is 44.9 Å². The summed E-state index contributed by atoms with van der Waals surface area (Å²) in [5, 5.41) is 3.00. The monoisotopic (exact) mass is 337 g/mol. The molecule has 4 nitrogen and oxygen atoms in total. The Hall–Kier alpha value is -2.36. The Balaban J connectivity index is 1.71. The number of benzene rings is 1. The largest absolute Gasteiger partial charge is 0.370 e. The molecule has 0 unspecified atom stereocenters. The number of rotatable bonds is 4. The number of anilines is 2. The van der Waals surface area contributed by atoms with Gasteiger partial charge in [0.2, 0.25) is 0 Å². The van der Waals surface area contributed by atoms with Crippen LogP contribution >= 0.6 is 0 Å². The van der Waals surface area contributed by atoms with Crippen molar-refractivity contribution < 1.29 is 4.79 Å². The van der Waals surface area contributed by atoms with Gasteiger partial charge in [-0.15, -0.1) is 0 Å². The van der Waals surface area contributed by atoms with E-state index in [2.05, 4.69) is 35.1 Å². The molecule has 25 heavy (non-hydrogen) atoms. The van der Waals surface area contributed by atoms with E-state index in [1.807, 2.05) is 36.5 Å². The third-order valence-corrected chi connectivity index (χ3v) is 4.78.